The largest absolute Gasteiger partial charge is 0.448 e. The Balaban J connectivity index is 1.79. The van der Waals surface area contributed by atoms with E-state index in [1.54, 1.807) is 12.1 Å². The molecule has 1 amide bonds. The summed E-state index contributed by atoms with van der Waals surface area (Å²) < 4.78 is 5.51. The van der Waals surface area contributed by atoms with Crippen molar-refractivity contribution in [2.24, 2.45) is 0 Å². The zero-order valence-electron chi connectivity index (χ0n) is 13.1. The van der Waals surface area contributed by atoms with Crippen LogP contribution in [0.5, 0.6) is 11.5 Å². The predicted molar refractivity (Wildman–Crippen MR) is 91.9 cm³/mol. The maximum Gasteiger partial charge on any atom is 0.354 e. The number of anilines is 1. The zero-order chi connectivity index (χ0) is 18.0. The summed E-state index contributed by atoms with van der Waals surface area (Å²) in [6.45, 7) is 0. The number of nitrogen functional groups attached to an aromatic ring is 1. The van der Waals surface area contributed by atoms with Crippen molar-refractivity contribution in [1.82, 2.24) is 10.3 Å². The number of nitrogens with one attached hydrogen (secondary N) is 1. The first kappa shape index (κ1) is 17.0. The average Bonchev–Trinajstić information content (AvgIpc) is 2.54. The van der Waals surface area contributed by atoms with Crippen molar-refractivity contribution in [3.63, 3.8) is 0 Å². The summed E-state index contributed by atoms with van der Waals surface area (Å²) in [5.41, 5.74) is 5.51. The maximum absolute atomic E-state index is 12.1. The molecular weight excluding hydrogens is 348 g/mol. The molecule has 1 aromatic carbocycles. The normalized spacial score (nSPS) is 13.8. The Morgan fingerprint density at radius 3 is 2.60 bits per heavy atom. The highest BCUT2D eigenvalue weighted by Gasteiger charge is 2.25. The molecule has 8 nitrogen and oxygen atoms in total. The second-order valence-corrected chi connectivity index (χ2v) is 6.06. The number of pyridine rings is 1. The number of hydrogen-bond donors (Lipinski definition) is 2. The lowest BCUT2D eigenvalue weighted by Crippen LogP contribution is -2.39. The van der Waals surface area contributed by atoms with Gasteiger partial charge in [0.25, 0.3) is 5.91 Å². The number of rotatable bonds is 5. The summed E-state index contributed by atoms with van der Waals surface area (Å²) in [7, 11) is 0. The van der Waals surface area contributed by atoms with Gasteiger partial charge in [0, 0.05) is 11.6 Å². The molecule has 1 aromatic heterocycles. The van der Waals surface area contributed by atoms with E-state index in [-0.39, 0.29) is 34.3 Å². The fourth-order valence-corrected chi connectivity index (χ4v) is 2.54. The second kappa shape index (κ2) is 6.94. The fraction of sp³-hybridized carbons (Fsp3) is 0.250. The Kier molecular flexibility index (Phi) is 4.71. The smallest absolute Gasteiger partial charge is 0.354 e. The summed E-state index contributed by atoms with van der Waals surface area (Å²) in [5, 5.41) is 14.1. The lowest BCUT2D eigenvalue weighted by molar-refractivity contribution is -0.384. The van der Waals surface area contributed by atoms with Crippen molar-refractivity contribution in [2.75, 3.05) is 5.73 Å². The molecule has 0 radical (unpaired) electrons. The molecule has 1 aliphatic rings. The topological polar surface area (TPSA) is 120 Å². The molecule has 25 heavy (non-hydrogen) atoms. The Morgan fingerprint density at radius 1 is 1.36 bits per heavy atom. The summed E-state index contributed by atoms with van der Waals surface area (Å²) in [5.74, 6) is -0.351. The highest BCUT2D eigenvalue weighted by atomic mass is 35.5. The van der Waals surface area contributed by atoms with Crippen LogP contribution >= 0.6 is 11.6 Å². The molecule has 0 saturated heterocycles. The van der Waals surface area contributed by atoms with Crippen molar-refractivity contribution in [2.45, 2.75) is 25.3 Å². The van der Waals surface area contributed by atoms with E-state index in [4.69, 9.17) is 22.1 Å². The molecule has 1 fully saturated rings. The van der Waals surface area contributed by atoms with Gasteiger partial charge in [-0.05, 0) is 43.5 Å². The van der Waals surface area contributed by atoms with Crippen LogP contribution in [0.25, 0.3) is 0 Å². The van der Waals surface area contributed by atoms with Crippen molar-refractivity contribution >= 4 is 29.0 Å². The van der Waals surface area contributed by atoms with Gasteiger partial charge in [-0.3, -0.25) is 14.9 Å². The lowest BCUT2D eigenvalue weighted by Gasteiger charge is -2.26. The van der Waals surface area contributed by atoms with Gasteiger partial charge in [0.1, 0.15) is 10.8 Å². The minimum Gasteiger partial charge on any atom is -0.448 e. The highest BCUT2D eigenvalue weighted by Crippen LogP contribution is 2.40. The molecule has 0 spiro atoms. The molecule has 2 aromatic rings. The first-order chi connectivity index (χ1) is 12.0. The first-order valence-corrected chi connectivity index (χ1v) is 8.00. The molecule has 0 unspecified atom stereocenters. The number of carbonyl (C=O) groups is 1. The van der Waals surface area contributed by atoms with E-state index in [1.165, 1.54) is 18.3 Å². The Hall–Kier alpha value is -2.87. The molecule has 1 heterocycles. The molecule has 3 rings (SSSR count). The van der Waals surface area contributed by atoms with E-state index >= 15 is 0 Å². The lowest BCUT2D eigenvalue weighted by atomic mass is 9.93. The third-order valence-corrected chi connectivity index (χ3v) is 4.22. The second-order valence-electron chi connectivity index (χ2n) is 5.65. The third kappa shape index (κ3) is 3.63. The summed E-state index contributed by atoms with van der Waals surface area (Å²) >= 11 is 5.95. The van der Waals surface area contributed by atoms with Crippen LogP contribution in [0.3, 0.4) is 0 Å². The standard InChI is InChI=1S/C16H15ClN4O4/c17-12-8-19-15(18)13(21(23)24)14(12)25-11-6-4-9(5-7-11)16(22)20-10-2-1-3-10/h4-8,10H,1-3H2,(H2,18,19)(H,20,22). The number of nitro groups is 1. The third-order valence-electron chi connectivity index (χ3n) is 3.95. The molecule has 1 aliphatic carbocycles. The van der Waals surface area contributed by atoms with E-state index in [1.807, 2.05) is 0 Å². The molecule has 9 heteroatoms. The minimum atomic E-state index is -0.704. The van der Waals surface area contributed by atoms with Crippen LogP contribution in [0.15, 0.2) is 30.5 Å². The SMILES string of the molecule is Nc1ncc(Cl)c(Oc2ccc(C(=O)NC3CCC3)cc2)c1[N+](=O)[O-]. The first-order valence-electron chi connectivity index (χ1n) is 7.63. The fourth-order valence-electron chi connectivity index (χ4n) is 2.36. The number of hydrogen-bond acceptors (Lipinski definition) is 6. The molecular formula is C16H15ClN4O4. The summed E-state index contributed by atoms with van der Waals surface area (Å²) in [6.07, 6.45) is 4.31. The Bertz CT molecular complexity index is 822. The van der Waals surface area contributed by atoms with Crippen LogP contribution in [0.4, 0.5) is 11.5 Å². The van der Waals surface area contributed by atoms with Crippen LogP contribution in [0, 0.1) is 10.1 Å². The monoisotopic (exact) mass is 362 g/mol. The molecule has 0 bridgehead atoms. The van der Waals surface area contributed by atoms with Gasteiger partial charge < -0.3 is 15.8 Å². The average molecular weight is 363 g/mol. The van der Waals surface area contributed by atoms with Crippen molar-refractivity contribution in [1.29, 1.82) is 0 Å². The number of benzene rings is 1. The number of nitrogens with zero attached hydrogens (tertiary/aromatic N) is 2. The summed E-state index contributed by atoms with van der Waals surface area (Å²) in [6, 6.07) is 6.46. The van der Waals surface area contributed by atoms with Crippen molar-refractivity contribution in [3.8, 4) is 11.5 Å². The van der Waals surface area contributed by atoms with Gasteiger partial charge >= 0.3 is 5.69 Å². The van der Waals surface area contributed by atoms with Crippen LogP contribution in [-0.4, -0.2) is 21.9 Å². The Labute approximate surface area is 148 Å². The van der Waals surface area contributed by atoms with Gasteiger partial charge in [-0.15, -0.1) is 0 Å². The molecule has 3 N–H and O–H groups in total. The van der Waals surface area contributed by atoms with Gasteiger partial charge in [0.15, 0.2) is 0 Å². The van der Waals surface area contributed by atoms with Crippen LogP contribution in [0.2, 0.25) is 5.02 Å². The van der Waals surface area contributed by atoms with Gasteiger partial charge in [-0.2, -0.15) is 0 Å². The van der Waals surface area contributed by atoms with Crippen LogP contribution in [-0.2, 0) is 0 Å². The van der Waals surface area contributed by atoms with Crippen LogP contribution in [0.1, 0.15) is 29.6 Å². The van der Waals surface area contributed by atoms with Crippen molar-refractivity contribution in [3.05, 3.63) is 51.2 Å². The zero-order valence-corrected chi connectivity index (χ0v) is 13.8. The van der Waals surface area contributed by atoms with Crippen molar-refractivity contribution < 1.29 is 14.5 Å². The van der Waals surface area contributed by atoms with E-state index in [2.05, 4.69) is 10.3 Å². The van der Waals surface area contributed by atoms with Gasteiger partial charge in [0.2, 0.25) is 11.6 Å². The van der Waals surface area contributed by atoms with E-state index in [9.17, 15) is 14.9 Å². The Morgan fingerprint density at radius 2 is 2.04 bits per heavy atom. The van der Waals surface area contributed by atoms with Gasteiger partial charge in [0.05, 0.1) is 11.1 Å². The number of halogens is 1. The molecule has 0 atom stereocenters. The highest BCUT2D eigenvalue weighted by molar-refractivity contribution is 6.32. The van der Waals surface area contributed by atoms with E-state index in [0.717, 1.165) is 19.3 Å². The minimum absolute atomic E-state index is 0.0345. The molecule has 0 aliphatic heterocycles. The molecule has 130 valence electrons. The van der Waals surface area contributed by atoms with E-state index in [0.29, 0.717) is 5.56 Å². The van der Waals surface area contributed by atoms with Crippen LogP contribution < -0.4 is 15.8 Å². The predicted octanol–water partition coefficient (Wildman–Crippen LogP) is 3.30. The quantitative estimate of drug-likeness (QED) is 0.621. The summed E-state index contributed by atoms with van der Waals surface area (Å²) in [4.78, 5) is 26.2. The van der Waals surface area contributed by atoms with Gasteiger partial charge in [-0.1, -0.05) is 11.6 Å². The number of ether oxygens (including phenoxy) is 1. The number of aromatic nitrogens is 1. The number of nitrogens with two attached hydrogens (primary N) is 1. The number of carbonyl (C=O) groups excluding carboxylic acids is 1. The molecule has 1 saturated carbocycles. The van der Waals surface area contributed by atoms with Gasteiger partial charge in [-0.25, -0.2) is 4.98 Å². The maximum atomic E-state index is 12.1. The number of amides is 1. The van der Waals surface area contributed by atoms with E-state index < -0.39 is 10.6 Å².